The van der Waals surface area contributed by atoms with Crippen molar-refractivity contribution in [2.75, 3.05) is 6.61 Å². The zero-order valence-electron chi connectivity index (χ0n) is 12.8. The molecule has 116 valence electrons. The van der Waals surface area contributed by atoms with Gasteiger partial charge in [-0.15, -0.1) is 0 Å². The van der Waals surface area contributed by atoms with Crippen molar-refractivity contribution >= 4 is 21.9 Å². The Morgan fingerprint density at radius 2 is 1.86 bits per heavy atom. The Hall–Kier alpha value is -1.65. The number of nitrogens with one attached hydrogen (secondary N) is 1. The first-order chi connectivity index (χ1) is 10.6. The minimum atomic E-state index is -0.270. The summed E-state index contributed by atoms with van der Waals surface area (Å²) in [5, 5.41) is 3.46. The van der Waals surface area contributed by atoms with Crippen molar-refractivity contribution < 1.29 is 9.53 Å². The summed E-state index contributed by atoms with van der Waals surface area (Å²) >= 11 is 3.57. The van der Waals surface area contributed by atoms with E-state index in [2.05, 4.69) is 34.2 Å². The van der Waals surface area contributed by atoms with Gasteiger partial charge in [0.15, 0.2) is 0 Å². The summed E-state index contributed by atoms with van der Waals surface area (Å²) in [4.78, 5) is 12.0. The molecule has 0 saturated heterocycles. The van der Waals surface area contributed by atoms with Crippen molar-refractivity contribution in [2.45, 2.75) is 26.4 Å². The third-order valence-corrected chi connectivity index (χ3v) is 4.21. The van der Waals surface area contributed by atoms with Crippen LogP contribution < -0.4 is 5.32 Å². The second-order valence-electron chi connectivity index (χ2n) is 5.00. The first kappa shape index (κ1) is 16.7. The molecule has 2 aromatic rings. The molecule has 3 nitrogen and oxygen atoms in total. The van der Waals surface area contributed by atoms with Gasteiger partial charge < -0.3 is 10.1 Å². The smallest absolute Gasteiger partial charge is 0.338 e. The summed E-state index contributed by atoms with van der Waals surface area (Å²) in [7, 11) is 0. The molecule has 22 heavy (non-hydrogen) atoms. The highest BCUT2D eigenvalue weighted by atomic mass is 79.9. The van der Waals surface area contributed by atoms with Crippen LogP contribution in [-0.2, 0) is 11.3 Å². The van der Waals surface area contributed by atoms with E-state index in [1.807, 2.05) is 43.3 Å². The maximum atomic E-state index is 12.0. The third kappa shape index (κ3) is 4.18. The number of carbonyl (C=O) groups excluding carboxylic acids is 1. The van der Waals surface area contributed by atoms with Crippen molar-refractivity contribution in [3.8, 4) is 0 Å². The molecule has 0 spiro atoms. The average molecular weight is 362 g/mol. The first-order valence-corrected chi connectivity index (χ1v) is 8.15. The summed E-state index contributed by atoms with van der Waals surface area (Å²) in [6, 6.07) is 15.8. The lowest BCUT2D eigenvalue weighted by atomic mass is 10.1. The lowest BCUT2D eigenvalue weighted by Gasteiger charge is -2.17. The lowest BCUT2D eigenvalue weighted by molar-refractivity contribution is 0.0525. The van der Waals surface area contributed by atoms with Gasteiger partial charge in [-0.3, -0.25) is 0 Å². The van der Waals surface area contributed by atoms with Crippen molar-refractivity contribution in [1.29, 1.82) is 0 Å². The zero-order chi connectivity index (χ0) is 15.9. The largest absolute Gasteiger partial charge is 0.462 e. The number of hydrogen-bond donors (Lipinski definition) is 1. The standard InChI is InChI=1S/C18H20BrNO2/c1-3-22-18(21)16-10-5-4-8-14(16)12-20-13(2)15-9-6-7-11-17(15)19/h4-11,13,20H,3,12H2,1-2H3. The quantitative estimate of drug-likeness (QED) is 0.771. The lowest BCUT2D eigenvalue weighted by Crippen LogP contribution is -2.20. The van der Waals surface area contributed by atoms with Crippen LogP contribution in [0.25, 0.3) is 0 Å². The molecule has 0 radical (unpaired) electrons. The van der Waals surface area contributed by atoms with Gasteiger partial charge in [0.25, 0.3) is 0 Å². The Morgan fingerprint density at radius 3 is 2.59 bits per heavy atom. The topological polar surface area (TPSA) is 38.3 Å². The van der Waals surface area contributed by atoms with E-state index >= 15 is 0 Å². The maximum Gasteiger partial charge on any atom is 0.338 e. The van der Waals surface area contributed by atoms with Crippen LogP contribution in [-0.4, -0.2) is 12.6 Å². The molecule has 0 saturated carbocycles. The van der Waals surface area contributed by atoms with E-state index in [1.165, 1.54) is 5.56 Å². The minimum absolute atomic E-state index is 0.172. The Bertz CT molecular complexity index is 642. The molecule has 4 heteroatoms. The normalized spacial score (nSPS) is 12.0. The van der Waals surface area contributed by atoms with Crippen molar-refractivity contribution in [3.05, 3.63) is 69.7 Å². The fraction of sp³-hybridized carbons (Fsp3) is 0.278. The van der Waals surface area contributed by atoms with Gasteiger partial charge >= 0.3 is 5.97 Å². The minimum Gasteiger partial charge on any atom is -0.462 e. The number of rotatable bonds is 6. The Kier molecular flexibility index (Phi) is 6.16. The summed E-state index contributed by atoms with van der Waals surface area (Å²) in [6.07, 6.45) is 0. The van der Waals surface area contributed by atoms with E-state index in [1.54, 1.807) is 6.07 Å². The van der Waals surface area contributed by atoms with Crippen LogP contribution in [0.1, 0.15) is 41.4 Å². The van der Waals surface area contributed by atoms with E-state index in [0.29, 0.717) is 18.7 Å². The van der Waals surface area contributed by atoms with Crippen molar-refractivity contribution in [1.82, 2.24) is 5.32 Å². The van der Waals surface area contributed by atoms with Crippen molar-refractivity contribution in [2.24, 2.45) is 0 Å². The van der Waals surface area contributed by atoms with Crippen LogP contribution in [0.2, 0.25) is 0 Å². The van der Waals surface area contributed by atoms with Gasteiger partial charge in [-0.2, -0.15) is 0 Å². The van der Waals surface area contributed by atoms with Gasteiger partial charge in [-0.25, -0.2) is 4.79 Å². The van der Waals surface area contributed by atoms with Gasteiger partial charge in [0, 0.05) is 17.1 Å². The highest BCUT2D eigenvalue weighted by Gasteiger charge is 2.13. The van der Waals surface area contributed by atoms with Crippen molar-refractivity contribution in [3.63, 3.8) is 0 Å². The van der Waals surface area contributed by atoms with E-state index in [0.717, 1.165) is 10.0 Å². The molecule has 2 aromatic carbocycles. The highest BCUT2D eigenvalue weighted by molar-refractivity contribution is 9.10. The monoisotopic (exact) mass is 361 g/mol. The van der Waals surface area contributed by atoms with Crippen LogP contribution in [0.3, 0.4) is 0 Å². The fourth-order valence-electron chi connectivity index (χ4n) is 2.28. The van der Waals surface area contributed by atoms with Crippen LogP contribution in [0.5, 0.6) is 0 Å². The predicted octanol–water partition coefficient (Wildman–Crippen LogP) is 4.48. The maximum absolute atomic E-state index is 12.0. The molecule has 0 aliphatic heterocycles. The molecule has 1 N–H and O–H groups in total. The summed E-state index contributed by atoms with van der Waals surface area (Å²) < 4.78 is 6.18. The molecule has 0 bridgehead atoms. The second kappa shape index (κ2) is 8.11. The molecule has 0 aliphatic rings. The van der Waals surface area contributed by atoms with Gasteiger partial charge in [0.2, 0.25) is 0 Å². The van der Waals surface area contributed by atoms with E-state index < -0.39 is 0 Å². The molecule has 0 aromatic heterocycles. The first-order valence-electron chi connectivity index (χ1n) is 7.36. The van der Waals surface area contributed by atoms with E-state index in [-0.39, 0.29) is 12.0 Å². The van der Waals surface area contributed by atoms with Gasteiger partial charge in [-0.1, -0.05) is 52.3 Å². The Balaban J connectivity index is 2.09. The highest BCUT2D eigenvalue weighted by Crippen LogP contribution is 2.23. The molecular formula is C18H20BrNO2. The van der Waals surface area contributed by atoms with Crippen LogP contribution in [0.4, 0.5) is 0 Å². The molecule has 0 amide bonds. The van der Waals surface area contributed by atoms with E-state index in [4.69, 9.17) is 4.74 Å². The third-order valence-electron chi connectivity index (χ3n) is 3.48. The molecule has 2 rings (SSSR count). The Morgan fingerprint density at radius 1 is 1.18 bits per heavy atom. The molecule has 1 atom stereocenters. The molecule has 0 heterocycles. The fourth-order valence-corrected chi connectivity index (χ4v) is 2.91. The average Bonchev–Trinajstić information content (AvgIpc) is 2.53. The second-order valence-corrected chi connectivity index (χ2v) is 5.86. The summed E-state index contributed by atoms with van der Waals surface area (Å²) in [5.41, 5.74) is 2.76. The van der Waals surface area contributed by atoms with Crippen LogP contribution in [0.15, 0.2) is 53.0 Å². The molecule has 0 aliphatic carbocycles. The SMILES string of the molecule is CCOC(=O)c1ccccc1CNC(C)c1ccccc1Br. The number of carbonyl (C=O) groups is 1. The number of ether oxygens (including phenoxy) is 1. The zero-order valence-corrected chi connectivity index (χ0v) is 14.4. The molecule has 0 fully saturated rings. The van der Waals surface area contributed by atoms with Gasteiger partial charge in [0.05, 0.1) is 12.2 Å². The predicted molar refractivity (Wildman–Crippen MR) is 91.8 cm³/mol. The van der Waals surface area contributed by atoms with E-state index in [9.17, 15) is 4.79 Å². The van der Waals surface area contributed by atoms with Gasteiger partial charge in [-0.05, 0) is 37.1 Å². The van der Waals surface area contributed by atoms with Crippen LogP contribution >= 0.6 is 15.9 Å². The molecular weight excluding hydrogens is 342 g/mol. The van der Waals surface area contributed by atoms with Gasteiger partial charge in [0.1, 0.15) is 0 Å². The molecule has 1 unspecified atom stereocenters. The number of hydrogen-bond acceptors (Lipinski definition) is 3. The summed E-state index contributed by atoms with van der Waals surface area (Å²) in [6.45, 7) is 4.91. The number of esters is 1. The van der Waals surface area contributed by atoms with Crippen LogP contribution in [0, 0.1) is 0 Å². The number of benzene rings is 2. The number of halogens is 1. The Labute approximate surface area is 139 Å². The summed E-state index contributed by atoms with van der Waals surface area (Å²) in [5.74, 6) is -0.270.